The fourth-order valence-electron chi connectivity index (χ4n) is 2.10. The topological polar surface area (TPSA) is 54.4 Å². The van der Waals surface area contributed by atoms with Crippen molar-refractivity contribution in [3.8, 4) is 5.75 Å². The van der Waals surface area contributed by atoms with Gasteiger partial charge in [0, 0.05) is 11.8 Å². The van der Waals surface area contributed by atoms with Gasteiger partial charge in [-0.05, 0) is 38.4 Å². The van der Waals surface area contributed by atoms with Crippen molar-refractivity contribution in [1.82, 2.24) is 10.3 Å². The SMILES string of the molecule is CCCOc1cncc(C2(O)CCNCC2)c1. The number of aromatic nitrogens is 1. The van der Waals surface area contributed by atoms with Crippen LogP contribution in [-0.4, -0.2) is 29.8 Å². The predicted molar refractivity (Wildman–Crippen MR) is 66.0 cm³/mol. The first kappa shape index (κ1) is 12.3. The van der Waals surface area contributed by atoms with Gasteiger partial charge in [-0.2, -0.15) is 0 Å². The number of hydrogen-bond donors (Lipinski definition) is 2. The summed E-state index contributed by atoms with van der Waals surface area (Å²) < 4.78 is 5.54. The van der Waals surface area contributed by atoms with Crippen molar-refractivity contribution in [2.45, 2.75) is 31.8 Å². The van der Waals surface area contributed by atoms with Crippen LogP contribution >= 0.6 is 0 Å². The number of nitrogens with one attached hydrogen (secondary N) is 1. The summed E-state index contributed by atoms with van der Waals surface area (Å²) >= 11 is 0. The van der Waals surface area contributed by atoms with Crippen molar-refractivity contribution in [3.05, 3.63) is 24.0 Å². The molecule has 17 heavy (non-hydrogen) atoms. The number of nitrogens with zero attached hydrogens (tertiary/aromatic N) is 1. The summed E-state index contributed by atoms with van der Waals surface area (Å²) in [6.45, 7) is 4.44. The van der Waals surface area contributed by atoms with E-state index in [1.807, 2.05) is 6.07 Å². The molecule has 94 valence electrons. The van der Waals surface area contributed by atoms with Gasteiger partial charge in [-0.1, -0.05) is 6.92 Å². The molecule has 0 spiro atoms. The van der Waals surface area contributed by atoms with Crippen LogP contribution in [0.4, 0.5) is 0 Å². The molecule has 4 nitrogen and oxygen atoms in total. The zero-order chi connectivity index (χ0) is 12.1. The van der Waals surface area contributed by atoms with Gasteiger partial charge in [-0.3, -0.25) is 4.98 Å². The molecule has 0 unspecified atom stereocenters. The number of rotatable bonds is 4. The van der Waals surface area contributed by atoms with Gasteiger partial charge in [0.2, 0.25) is 0 Å². The second kappa shape index (κ2) is 5.47. The molecule has 1 saturated heterocycles. The lowest BCUT2D eigenvalue weighted by molar-refractivity contribution is 0.00540. The fraction of sp³-hybridized carbons (Fsp3) is 0.615. The van der Waals surface area contributed by atoms with Gasteiger partial charge in [0.15, 0.2) is 0 Å². The van der Waals surface area contributed by atoms with Crippen LogP contribution in [0.15, 0.2) is 18.5 Å². The van der Waals surface area contributed by atoms with Crippen LogP contribution in [0, 0.1) is 0 Å². The first-order valence-corrected chi connectivity index (χ1v) is 6.26. The molecule has 1 aromatic heterocycles. The predicted octanol–water partition coefficient (Wildman–Crippen LogP) is 1.44. The largest absolute Gasteiger partial charge is 0.492 e. The van der Waals surface area contributed by atoms with Gasteiger partial charge in [-0.25, -0.2) is 0 Å². The summed E-state index contributed by atoms with van der Waals surface area (Å²) in [5.74, 6) is 0.747. The molecule has 0 saturated carbocycles. The van der Waals surface area contributed by atoms with Crippen LogP contribution in [0.5, 0.6) is 5.75 Å². The molecule has 2 heterocycles. The van der Waals surface area contributed by atoms with Crippen LogP contribution in [0.3, 0.4) is 0 Å². The van der Waals surface area contributed by atoms with Crippen LogP contribution in [0.1, 0.15) is 31.7 Å². The molecule has 0 radical (unpaired) electrons. The van der Waals surface area contributed by atoms with E-state index in [-0.39, 0.29) is 0 Å². The van der Waals surface area contributed by atoms with Crippen molar-refractivity contribution in [3.63, 3.8) is 0 Å². The molecule has 4 heteroatoms. The standard InChI is InChI=1S/C13H20N2O2/c1-2-7-17-12-8-11(9-15-10-12)13(16)3-5-14-6-4-13/h8-10,14,16H,2-7H2,1H3. The number of ether oxygens (including phenoxy) is 1. The molecule has 0 aliphatic carbocycles. The Hall–Kier alpha value is -1.13. The average molecular weight is 236 g/mol. The van der Waals surface area contributed by atoms with E-state index in [0.717, 1.165) is 43.7 Å². The minimum absolute atomic E-state index is 0.686. The highest BCUT2D eigenvalue weighted by Gasteiger charge is 2.31. The first-order valence-electron chi connectivity index (χ1n) is 6.26. The van der Waals surface area contributed by atoms with Gasteiger partial charge in [0.05, 0.1) is 18.4 Å². The maximum atomic E-state index is 10.6. The van der Waals surface area contributed by atoms with E-state index in [1.54, 1.807) is 12.4 Å². The fourth-order valence-corrected chi connectivity index (χ4v) is 2.10. The Balaban J connectivity index is 2.14. The van der Waals surface area contributed by atoms with Crippen LogP contribution in [0.25, 0.3) is 0 Å². The quantitative estimate of drug-likeness (QED) is 0.830. The molecule has 0 amide bonds. The minimum Gasteiger partial charge on any atom is -0.492 e. The lowest BCUT2D eigenvalue weighted by atomic mass is 9.86. The van der Waals surface area contributed by atoms with Crippen molar-refractivity contribution >= 4 is 0 Å². The van der Waals surface area contributed by atoms with Gasteiger partial charge in [0.25, 0.3) is 0 Å². The molecule has 0 atom stereocenters. The number of hydrogen-bond acceptors (Lipinski definition) is 4. The number of aliphatic hydroxyl groups is 1. The van der Waals surface area contributed by atoms with Crippen molar-refractivity contribution < 1.29 is 9.84 Å². The zero-order valence-electron chi connectivity index (χ0n) is 10.3. The van der Waals surface area contributed by atoms with E-state index < -0.39 is 5.60 Å². The summed E-state index contributed by atoms with van der Waals surface area (Å²) in [4.78, 5) is 4.15. The smallest absolute Gasteiger partial charge is 0.137 e. The highest BCUT2D eigenvalue weighted by atomic mass is 16.5. The van der Waals surface area contributed by atoms with E-state index in [9.17, 15) is 5.11 Å². The molecule has 1 aromatic rings. The van der Waals surface area contributed by atoms with Gasteiger partial charge >= 0.3 is 0 Å². The molecule has 2 rings (SSSR count). The molecule has 2 N–H and O–H groups in total. The maximum Gasteiger partial charge on any atom is 0.137 e. The average Bonchev–Trinajstić information content (AvgIpc) is 2.38. The Morgan fingerprint density at radius 1 is 1.41 bits per heavy atom. The maximum absolute atomic E-state index is 10.6. The first-order chi connectivity index (χ1) is 8.24. The van der Waals surface area contributed by atoms with Gasteiger partial charge in [-0.15, -0.1) is 0 Å². The van der Waals surface area contributed by atoms with Gasteiger partial charge < -0.3 is 15.2 Å². The molecule has 0 aromatic carbocycles. The van der Waals surface area contributed by atoms with Crippen molar-refractivity contribution in [1.29, 1.82) is 0 Å². The Bertz CT molecular complexity index is 362. The van der Waals surface area contributed by atoms with Crippen LogP contribution in [0.2, 0.25) is 0 Å². The number of pyridine rings is 1. The third kappa shape index (κ3) is 2.96. The Labute approximate surface area is 102 Å². The molecule has 1 aliphatic rings. The number of piperidine rings is 1. The molecule has 1 fully saturated rings. The normalized spacial score (nSPS) is 18.9. The third-order valence-electron chi connectivity index (χ3n) is 3.15. The minimum atomic E-state index is -0.746. The lowest BCUT2D eigenvalue weighted by Crippen LogP contribution is -2.39. The molecular formula is C13H20N2O2. The van der Waals surface area contributed by atoms with Crippen molar-refractivity contribution in [2.24, 2.45) is 0 Å². The summed E-state index contributed by atoms with van der Waals surface area (Å²) in [6.07, 6.45) is 5.87. The zero-order valence-corrected chi connectivity index (χ0v) is 10.3. The summed E-state index contributed by atoms with van der Waals surface area (Å²) in [7, 11) is 0. The van der Waals surface area contributed by atoms with E-state index in [4.69, 9.17) is 4.74 Å². The van der Waals surface area contributed by atoms with Crippen molar-refractivity contribution in [2.75, 3.05) is 19.7 Å². The Morgan fingerprint density at radius 2 is 2.18 bits per heavy atom. The highest BCUT2D eigenvalue weighted by molar-refractivity contribution is 5.28. The molecular weight excluding hydrogens is 216 g/mol. The third-order valence-corrected chi connectivity index (χ3v) is 3.15. The van der Waals surface area contributed by atoms with E-state index in [2.05, 4.69) is 17.2 Å². The summed E-state index contributed by atoms with van der Waals surface area (Å²) in [6, 6.07) is 1.91. The second-order valence-electron chi connectivity index (χ2n) is 4.54. The monoisotopic (exact) mass is 236 g/mol. The van der Waals surface area contributed by atoms with E-state index in [0.29, 0.717) is 6.61 Å². The van der Waals surface area contributed by atoms with E-state index >= 15 is 0 Å². The van der Waals surface area contributed by atoms with Crippen LogP contribution < -0.4 is 10.1 Å². The Morgan fingerprint density at radius 3 is 2.88 bits per heavy atom. The van der Waals surface area contributed by atoms with Crippen LogP contribution in [-0.2, 0) is 5.60 Å². The van der Waals surface area contributed by atoms with E-state index in [1.165, 1.54) is 0 Å². The summed E-state index contributed by atoms with van der Waals surface area (Å²) in [5, 5.41) is 13.8. The molecule has 1 aliphatic heterocycles. The highest BCUT2D eigenvalue weighted by Crippen LogP contribution is 2.31. The Kier molecular flexibility index (Phi) is 3.97. The lowest BCUT2D eigenvalue weighted by Gasteiger charge is -2.32. The second-order valence-corrected chi connectivity index (χ2v) is 4.54. The van der Waals surface area contributed by atoms with Gasteiger partial charge in [0.1, 0.15) is 5.75 Å². The molecule has 0 bridgehead atoms. The summed E-state index contributed by atoms with van der Waals surface area (Å²) in [5.41, 5.74) is 0.122.